The molecule has 7 heteroatoms. The molecule has 0 radical (unpaired) electrons. The van der Waals surface area contributed by atoms with Crippen molar-refractivity contribution in [3.63, 3.8) is 0 Å². The number of hydrogen-bond acceptors (Lipinski definition) is 4. The Bertz CT molecular complexity index is 939. The van der Waals surface area contributed by atoms with Gasteiger partial charge >= 0.3 is 0 Å². The van der Waals surface area contributed by atoms with E-state index in [4.69, 9.17) is 4.74 Å². The van der Waals surface area contributed by atoms with Gasteiger partial charge in [0.1, 0.15) is 5.75 Å². The Balaban J connectivity index is 1.89. The zero-order chi connectivity index (χ0) is 20.9. The van der Waals surface area contributed by atoms with Crippen molar-refractivity contribution >= 4 is 15.9 Å². The fourth-order valence-electron chi connectivity index (χ4n) is 3.62. The van der Waals surface area contributed by atoms with Gasteiger partial charge in [-0.15, -0.1) is 0 Å². The Morgan fingerprint density at radius 3 is 2.41 bits per heavy atom. The van der Waals surface area contributed by atoms with Crippen LogP contribution in [0.1, 0.15) is 54.6 Å². The summed E-state index contributed by atoms with van der Waals surface area (Å²) in [4.78, 5) is 13.1. The maximum Gasteiger partial charge on any atom is 0.255 e. The van der Waals surface area contributed by atoms with Gasteiger partial charge in [0.05, 0.1) is 23.6 Å². The van der Waals surface area contributed by atoms with Crippen LogP contribution in [0.5, 0.6) is 5.75 Å². The summed E-state index contributed by atoms with van der Waals surface area (Å²) < 4.78 is 32.9. The second-order valence-electron chi connectivity index (χ2n) is 7.17. The molecule has 1 aliphatic heterocycles. The number of piperidine rings is 1. The van der Waals surface area contributed by atoms with Crippen LogP contribution in [0.4, 0.5) is 0 Å². The molecular formula is C22H28N2O4S. The number of sulfonamides is 1. The monoisotopic (exact) mass is 416 g/mol. The van der Waals surface area contributed by atoms with E-state index in [9.17, 15) is 13.2 Å². The highest BCUT2D eigenvalue weighted by molar-refractivity contribution is 7.89. The predicted molar refractivity (Wildman–Crippen MR) is 113 cm³/mol. The van der Waals surface area contributed by atoms with Crippen molar-refractivity contribution in [3.8, 4) is 5.75 Å². The normalized spacial score (nSPS) is 16.2. The molecule has 156 valence electrons. The summed E-state index contributed by atoms with van der Waals surface area (Å²) in [7, 11) is -2.16. The third kappa shape index (κ3) is 4.79. The Labute approximate surface area is 172 Å². The summed E-state index contributed by atoms with van der Waals surface area (Å²) in [5, 5.41) is 3.00. The fraction of sp³-hybridized carbons (Fsp3) is 0.409. The Morgan fingerprint density at radius 1 is 1.10 bits per heavy atom. The van der Waals surface area contributed by atoms with Crippen LogP contribution in [-0.4, -0.2) is 38.8 Å². The zero-order valence-electron chi connectivity index (χ0n) is 16.9. The van der Waals surface area contributed by atoms with Crippen LogP contribution in [0.3, 0.4) is 0 Å². The second-order valence-corrected chi connectivity index (χ2v) is 9.11. The lowest BCUT2D eigenvalue weighted by Crippen LogP contribution is -2.35. The van der Waals surface area contributed by atoms with Gasteiger partial charge in [-0.2, -0.15) is 4.31 Å². The van der Waals surface area contributed by atoms with Gasteiger partial charge in [0.25, 0.3) is 5.91 Å². The molecule has 1 atom stereocenters. The summed E-state index contributed by atoms with van der Waals surface area (Å²) in [6.07, 6.45) is 3.47. The lowest BCUT2D eigenvalue weighted by atomic mass is 10.0. The molecule has 1 heterocycles. The standard InChI is InChI=1S/C22H28N2O4S/c1-3-20(17-10-6-4-7-11-17)23-22(25)19-16-18(12-13-21(19)28-2)29(26,27)24-14-8-5-9-15-24/h4,6-7,10-13,16,20H,3,5,8-9,14-15H2,1-2H3,(H,23,25)/t20-/m1/s1. The first-order valence-corrected chi connectivity index (χ1v) is 11.5. The molecule has 0 aliphatic carbocycles. The maximum atomic E-state index is 13.0. The van der Waals surface area contributed by atoms with Gasteiger partial charge in [0.2, 0.25) is 10.0 Å². The number of benzene rings is 2. The van der Waals surface area contributed by atoms with Crippen molar-refractivity contribution in [3.05, 3.63) is 59.7 Å². The highest BCUT2D eigenvalue weighted by atomic mass is 32.2. The van der Waals surface area contributed by atoms with Crippen LogP contribution in [0, 0.1) is 0 Å². The minimum atomic E-state index is -3.63. The number of carbonyl (C=O) groups excluding carboxylic acids is 1. The van der Waals surface area contributed by atoms with Crippen LogP contribution in [0.25, 0.3) is 0 Å². The molecule has 2 aromatic rings. The zero-order valence-corrected chi connectivity index (χ0v) is 17.7. The van der Waals surface area contributed by atoms with Crippen molar-refractivity contribution in [1.82, 2.24) is 9.62 Å². The Kier molecular flexibility index (Phi) is 6.92. The van der Waals surface area contributed by atoms with E-state index >= 15 is 0 Å². The van der Waals surface area contributed by atoms with Crippen molar-refractivity contribution in [2.75, 3.05) is 20.2 Å². The van der Waals surface area contributed by atoms with Gasteiger partial charge in [0.15, 0.2) is 0 Å². The topological polar surface area (TPSA) is 75.7 Å². The van der Waals surface area contributed by atoms with Gasteiger partial charge in [-0.25, -0.2) is 8.42 Å². The molecule has 0 saturated carbocycles. The summed E-state index contributed by atoms with van der Waals surface area (Å²) in [6.45, 7) is 3.02. The van der Waals surface area contributed by atoms with Crippen LogP contribution in [0.2, 0.25) is 0 Å². The lowest BCUT2D eigenvalue weighted by Gasteiger charge is -2.26. The summed E-state index contributed by atoms with van der Waals surface area (Å²) >= 11 is 0. The molecule has 0 aromatic heterocycles. The SMILES string of the molecule is CC[C@@H](NC(=O)c1cc(S(=O)(=O)N2CCCCC2)ccc1OC)c1ccccc1. The van der Waals surface area contributed by atoms with E-state index in [1.807, 2.05) is 37.3 Å². The van der Waals surface area contributed by atoms with E-state index in [-0.39, 0.29) is 22.4 Å². The Morgan fingerprint density at radius 2 is 1.79 bits per heavy atom. The molecule has 0 bridgehead atoms. The molecule has 1 N–H and O–H groups in total. The van der Waals surface area contributed by atoms with Crippen LogP contribution < -0.4 is 10.1 Å². The van der Waals surface area contributed by atoms with Gasteiger partial charge in [-0.3, -0.25) is 4.79 Å². The smallest absolute Gasteiger partial charge is 0.255 e. The lowest BCUT2D eigenvalue weighted by molar-refractivity contribution is 0.0932. The quantitative estimate of drug-likeness (QED) is 0.746. The molecule has 3 rings (SSSR count). The summed E-state index contributed by atoms with van der Waals surface area (Å²) in [5.41, 5.74) is 1.22. The van der Waals surface area contributed by atoms with E-state index in [0.717, 1.165) is 24.8 Å². The van der Waals surface area contributed by atoms with Gasteiger partial charge < -0.3 is 10.1 Å². The first-order valence-electron chi connectivity index (χ1n) is 10.0. The molecule has 6 nitrogen and oxygen atoms in total. The number of ether oxygens (including phenoxy) is 1. The van der Waals surface area contributed by atoms with E-state index in [0.29, 0.717) is 25.3 Å². The molecule has 0 spiro atoms. The Hall–Kier alpha value is -2.38. The third-order valence-corrected chi connectivity index (χ3v) is 7.18. The first kappa shape index (κ1) is 21.3. The van der Waals surface area contributed by atoms with Crippen LogP contribution in [-0.2, 0) is 10.0 Å². The fourth-order valence-corrected chi connectivity index (χ4v) is 5.17. The van der Waals surface area contributed by atoms with Crippen molar-refractivity contribution < 1.29 is 17.9 Å². The maximum absolute atomic E-state index is 13.0. The van der Waals surface area contributed by atoms with E-state index in [1.165, 1.54) is 23.5 Å². The number of nitrogens with one attached hydrogen (secondary N) is 1. The van der Waals surface area contributed by atoms with Gasteiger partial charge in [0, 0.05) is 13.1 Å². The number of rotatable bonds is 7. The molecular weight excluding hydrogens is 388 g/mol. The summed E-state index contributed by atoms with van der Waals surface area (Å²) in [6, 6.07) is 14.0. The van der Waals surface area contributed by atoms with Crippen LogP contribution >= 0.6 is 0 Å². The van der Waals surface area contributed by atoms with Crippen molar-refractivity contribution in [2.45, 2.75) is 43.5 Å². The largest absolute Gasteiger partial charge is 0.496 e. The van der Waals surface area contributed by atoms with Gasteiger partial charge in [-0.05, 0) is 43.0 Å². The van der Waals surface area contributed by atoms with E-state index < -0.39 is 10.0 Å². The molecule has 1 amide bonds. The predicted octanol–water partition coefficient (Wildman–Crippen LogP) is 3.75. The molecule has 1 fully saturated rings. The first-order chi connectivity index (χ1) is 14.0. The van der Waals surface area contributed by atoms with Crippen molar-refractivity contribution in [1.29, 1.82) is 0 Å². The average Bonchev–Trinajstić information content (AvgIpc) is 2.78. The summed E-state index contributed by atoms with van der Waals surface area (Å²) in [5.74, 6) is -0.00347. The highest BCUT2D eigenvalue weighted by Crippen LogP contribution is 2.27. The molecule has 29 heavy (non-hydrogen) atoms. The number of methoxy groups -OCH3 is 1. The average molecular weight is 417 g/mol. The third-order valence-electron chi connectivity index (χ3n) is 5.28. The number of carbonyl (C=O) groups is 1. The molecule has 1 aliphatic rings. The molecule has 1 saturated heterocycles. The molecule has 0 unspecified atom stereocenters. The molecule has 2 aromatic carbocycles. The minimum Gasteiger partial charge on any atom is -0.496 e. The highest BCUT2D eigenvalue weighted by Gasteiger charge is 2.28. The van der Waals surface area contributed by atoms with E-state index in [2.05, 4.69) is 5.32 Å². The number of amides is 1. The minimum absolute atomic E-state index is 0.123. The van der Waals surface area contributed by atoms with Crippen LogP contribution in [0.15, 0.2) is 53.4 Å². The number of nitrogens with zero attached hydrogens (tertiary/aromatic N) is 1. The van der Waals surface area contributed by atoms with Crippen molar-refractivity contribution in [2.24, 2.45) is 0 Å². The second kappa shape index (κ2) is 9.41. The van der Waals surface area contributed by atoms with E-state index in [1.54, 1.807) is 6.07 Å². The number of hydrogen-bond donors (Lipinski definition) is 1. The van der Waals surface area contributed by atoms with Gasteiger partial charge in [-0.1, -0.05) is 43.7 Å².